The molecule has 0 aromatic rings. The molecular formula is C63H108N2O7P+. The molecule has 0 saturated heterocycles. The maximum absolute atomic E-state index is 13.5. The SMILES string of the molecule is CC/C=C\C/C=C\C/C=C\C/C=C\C/C=C\C/C=C\CCCCCCC(=O)NC(COP(=O)(O)OCC[N+](C)(C)C)C(/C=C\CCCCCCCCCCC)OC(=O)CCCCCCC\C=C/C=C/C=C/CC. The Hall–Kier alpha value is -3.59. The van der Waals surface area contributed by atoms with E-state index in [9.17, 15) is 19.0 Å². The molecule has 0 aromatic carbocycles. The van der Waals surface area contributed by atoms with Gasteiger partial charge in [-0.25, -0.2) is 4.57 Å². The topological polar surface area (TPSA) is 111 Å². The van der Waals surface area contributed by atoms with Gasteiger partial charge in [-0.3, -0.25) is 18.6 Å². The van der Waals surface area contributed by atoms with Crippen molar-refractivity contribution < 1.29 is 37.3 Å². The second kappa shape index (κ2) is 51.9. The van der Waals surface area contributed by atoms with E-state index in [0.717, 1.165) is 122 Å². The lowest BCUT2D eigenvalue weighted by atomic mass is 10.1. The van der Waals surface area contributed by atoms with Gasteiger partial charge in [0, 0.05) is 12.8 Å². The fraction of sp³-hybridized carbons (Fsp3) is 0.651. The summed E-state index contributed by atoms with van der Waals surface area (Å²) in [7, 11) is 1.44. The van der Waals surface area contributed by atoms with Crippen molar-refractivity contribution in [2.75, 3.05) is 40.9 Å². The van der Waals surface area contributed by atoms with Crippen molar-refractivity contribution in [3.8, 4) is 0 Å². The monoisotopic (exact) mass is 1040 g/mol. The Labute approximate surface area is 448 Å². The Balaban J connectivity index is 5.32. The number of quaternary nitrogens is 1. The third kappa shape index (κ3) is 53.1. The molecule has 10 heteroatoms. The number of carbonyl (C=O) groups is 2. The number of phosphoric acid groups is 1. The molecule has 3 unspecified atom stereocenters. The zero-order valence-corrected chi connectivity index (χ0v) is 48.2. The smallest absolute Gasteiger partial charge is 0.456 e. The number of carbonyl (C=O) groups excluding carboxylic acids is 2. The number of ether oxygens (including phenoxy) is 1. The molecule has 1 amide bonds. The van der Waals surface area contributed by atoms with Crippen molar-refractivity contribution in [1.82, 2.24) is 5.32 Å². The van der Waals surface area contributed by atoms with E-state index < -0.39 is 20.0 Å². The molecule has 0 radical (unpaired) electrons. The summed E-state index contributed by atoms with van der Waals surface area (Å²) in [5, 5.41) is 3.02. The fourth-order valence-corrected chi connectivity index (χ4v) is 8.27. The molecule has 0 aliphatic rings. The third-order valence-electron chi connectivity index (χ3n) is 12.0. The number of nitrogens with zero attached hydrogens (tertiary/aromatic N) is 1. The Morgan fingerprint density at radius 2 is 0.945 bits per heavy atom. The van der Waals surface area contributed by atoms with Crippen LogP contribution in [0.5, 0.6) is 0 Å². The van der Waals surface area contributed by atoms with E-state index in [0.29, 0.717) is 30.3 Å². The van der Waals surface area contributed by atoms with Gasteiger partial charge in [0.1, 0.15) is 19.3 Å². The molecule has 73 heavy (non-hydrogen) atoms. The number of nitrogens with one attached hydrogen (secondary N) is 1. The minimum absolute atomic E-state index is 0.0242. The van der Waals surface area contributed by atoms with Crippen LogP contribution >= 0.6 is 7.82 Å². The lowest BCUT2D eigenvalue weighted by Crippen LogP contribution is -2.47. The number of rotatable bonds is 50. The molecule has 0 rings (SSSR count). The summed E-state index contributed by atoms with van der Waals surface area (Å²) in [6.07, 6.45) is 72.0. The molecule has 3 atom stereocenters. The Kier molecular flexibility index (Phi) is 49.3. The van der Waals surface area contributed by atoms with Gasteiger partial charge in [-0.15, -0.1) is 0 Å². The van der Waals surface area contributed by atoms with Crippen LogP contribution in [0.1, 0.15) is 213 Å². The number of hydrogen-bond acceptors (Lipinski definition) is 6. The van der Waals surface area contributed by atoms with Crippen molar-refractivity contribution in [2.24, 2.45) is 0 Å². The summed E-state index contributed by atoms with van der Waals surface area (Å²) < 4.78 is 30.5. The minimum Gasteiger partial charge on any atom is -0.456 e. The van der Waals surface area contributed by atoms with Crippen LogP contribution in [-0.4, -0.2) is 74.3 Å². The van der Waals surface area contributed by atoms with Crippen LogP contribution in [0.25, 0.3) is 0 Å². The minimum atomic E-state index is -4.46. The Morgan fingerprint density at radius 1 is 0.507 bits per heavy atom. The first-order chi connectivity index (χ1) is 35.4. The number of unbranched alkanes of at least 4 members (excludes halogenated alkanes) is 18. The van der Waals surface area contributed by atoms with Gasteiger partial charge in [-0.1, -0.05) is 220 Å². The summed E-state index contributed by atoms with van der Waals surface area (Å²) in [4.78, 5) is 37.6. The van der Waals surface area contributed by atoms with Gasteiger partial charge in [0.25, 0.3) is 0 Å². The van der Waals surface area contributed by atoms with Gasteiger partial charge in [0.2, 0.25) is 5.91 Å². The molecule has 0 spiro atoms. The standard InChI is InChI=1S/C63H107N2O7P/c1-7-10-13-16-19-22-25-27-28-29-30-31-32-33-34-35-36-38-40-43-46-49-52-55-62(66)64-60(59-71-73(68,69)70-58-57-65(4,5)6)61(54-51-48-45-42-39-24-21-18-15-12-9-3)72-63(67)56-53-50-47-44-41-37-26-23-20-17-14-11-8-2/h10-11,13-14,17,19-20,22-23,26-28,30-31,33-34,36,38,51,54,60-61H,7-9,12,15-16,18,21,24-25,29,32,35,37,39-50,52-53,55-59H2,1-6H3,(H-,64,66,68,69)/p+1/b13-10-,14-11+,20-17+,22-19-,26-23-,28-27-,31-30-,34-33-,38-36-,54-51-. The number of allylic oxidation sites excluding steroid dienone is 19. The van der Waals surface area contributed by atoms with Gasteiger partial charge < -0.3 is 19.4 Å². The number of phosphoric ester groups is 1. The van der Waals surface area contributed by atoms with Crippen LogP contribution in [0, 0.1) is 0 Å². The molecule has 0 saturated carbocycles. The number of likely N-dealkylation sites (N-methyl/N-ethyl adjacent to an activating group) is 1. The van der Waals surface area contributed by atoms with E-state index in [1.54, 1.807) is 0 Å². The molecule has 0 aliphatic heterocycles. The zero-order valence-electron chi connectivity index (χ0n) is 47.3. The summed E-state index contributed by atoms with van der Waals surface area (Å²) in [5.41, 5.74) is 0. The average molecular weight is 1040 g/mol. The molecule has 0 aromatic heterocycles. The predicted molar refractivity (Wildman–Crippen MR) is 313 cm³/mol. The van der Waals surface area contributed by atoms with Crippen molar-refractivity contribution in [2.45, 2.75) is 226 Å². The van der Waals surface area contributed by atoms with Gasteiger partial charge in [-0.2, -0.15) is 0 Å². The molecule has 9 nitrogen and oxygen atoms in total. The second-order valence-electron chi connectivity index (χ2n) is 20.1. The largest absolute Gasteiger partial charge is 0.472 e. The Morgan fingerprint density at radius 3 is 1.47 bits per heavy atom. The maximum Gasteiger partial charge on any atom is 0.472 e. The summed E-state index contributed by atoms with van der Waals surface area (Å²) in [6, 6.07) is -0.878. The van der Waals surface area contributed by atoms with Crippen LogP contribution in [-0.2, 0) is 27.9 Å². The van der Waals surface area contributed by atoms with Gasteiger partial charge in [-0.05, 0) is 102 Å². The second-order valence-corrected chi connectivity index (χ2v) is 21.6. The number of esters is 1. The van der Waals surface area contributed by atoms with Gasteiger partial charge in [0.15, 0.2) is 0 Å². The summed E-state index contributed by atoms with van der Waals surface area (Å²) in [5.74, 6) is -0.570. The lowest BCUT2D eigenvalue weighted by molar-refractivity contribution is -0.870. The van der Waals surface area contributed by atoms with Crippen molar-refractivity contribution in [3.05, 3.63) is 122 Å². The number of amides is 1. The zero-order chi connectivity index (χ0) is 53.6. The van der Waals surface area contributed by atoms with E-state index in [2.05, 4.69) is 129 Å². The molecule has 0 bridgehead atoms. The molecule has 0 aliphatic carbocycles. The lowest BCUT2D eigenvalue weighted by Gasteiger charge is -2.27. The highest BCUT2D eigenvalue weighted by molar-refractivity contribution is 7.47. The van der Waals surface area contributed by atoms with Crippen molar-refractivity contribution >= 4 is 19.7 Å². The van der Waals surface area contributed by atoms with Crippen LogP contribution in [0.15, 0.2) is 122 Å². The highest BCUT2D eigenvalue weighted by Gasteiger charge is 2.30. The molecular weight excluding hydrogens is 928 g/mol. The van der Waals surface area contributed by atoms with Crippen LogP contribution < -0.4 is 5.32 Å². The van der Waals surface area contributed by atoms with Gasteiger partial charge >= 0.3 is 13.8 Å². The molecule has 0 fully saturated rings. The molecule has 416 valence electrons. The first kappa shape index (κ1) is 69.4. The highest BCUT2D eigenvalue weighted by atomic mass is 31.2. The van der Waals surface area contributed by atoms with Crippen molar-refractivity contribution in [3.63, 3.8) is 0 Å². The first-order valence-corrected chi connectivity index (χ1v) is 30.4. The van der Waals surface area contributed by atoms with Crippen LogP contribution in [0.2, 0.25) is 0 Å². The summed E-state index contributed by atoms with van der Waals surface area (Å²) >= 11 is 0. The van der Waals surface area contributed by atoms with E-state index in [1.165, 1.54) is 44.9 Å². The quantitative estimate of drug-likeness (QED) is 0.0156. The van der Waals surface area contributed by atoms with E-state index in [1.807, 2.05) is 39.4 Å². The first-order valence-electron chi connectivity index (χ1n) is 28.9. The predicted octanol–water partition coefficient (Wildman–Crippen LogP) is 17.5. The summed E-state index contributed by atoms with van der Waals surface area (Å²) in [6.45, 7) is 6.69. The van der Waals surface area contributed by atoms with Gasteiger partial charge in [0.05, 0.1) is 33.8 Å². The molecule has 2 N–H and O–H groups in total. The average Bonchev–Trinajstić information content (AvgIpc) is 3.35. The Bertz CT molecular complexity index is 1660. The van der Waals surface area contributed by atoms with E-state index >= 15 is 0 Å². The highest BCUT2D eigenvalue weighted by Crippen LogP contribution is 2.43. The van der Waals surface area contributed by atoms with Crippen LogP contribution in [0.4, 0.5) is 0 Å². The van der Waals surface area contributed by atoms with Crippen LogP contribution in [0.3, 0.4) is 0 Å². The van der Waals surface area contributed by atoms with E-state index in [4.69, 9.17) is 13.8 Å². The fourth-order valence-electron chi connectivity index (χ4n) is 7.53. The number of hydrogen-bond donors (Lipinski definition) is 2. The third-order valence-corrected chi connectivity index (χ3v) is 12.9. The van der Waals surface area contributed by atoms with Crippen molar-refractivity contribution in [1.29, 1.82) is 0 Å². The maximum atomic E-state index is 13.5. The molecule has 0 heterocycles. The normalized spacial score (nSPS) is 14.7. The van der Waals surface area contributed by atoms with E-state index in [-0.39, 0.29) is 31.5 Å².